The first-order chi connectivity index (χ1) is 23.8. The molecule has 0 N–H and O–H groups in total. The number of para-hydroxylation sites is 2. The minimum atomic E-state index is 0.0133. The van der Waals surface area contributed by atoms with Crippen LogP contribution in [0, 0.1) is 23.7 Å². The quantitative estimate of drug-likeness (QED) is 0.194. The third kappa shape index (κ3) is 4.07. The highest BCUT2D eigenvalue weighted by molar-refractivity contribution is 5.94. The van der Waals surface area contributed by atoms with E-state index in [0.717, 1.165) is 29.8 Å². The van der Waals surface area contributed by atoms with Gasteiger partial charge in [-0.1, -0.05) is 113 Å². The van der Waals surface area contributed by atoms with Gasteiger partial charge >= 0.3 is 0 Å². The Labute approximate surface area is 292 Å². The topological polar surface area (TPSA) is 12.5 Å². The van der Waals surface area contributed by atoms with Crippen LogP contribution in [0.1, 0.15) is 88.5 Å². The molecule has 0 amide bonds. The summed E-state index contributed by atoms with van der Waals surface area (Å²) in [4.78, 5) is 2.56. The highest BCUT2D eigenvalue weighted by atomic mass is 16.5. The van der Waals surface area contributed by atoms with Crippen LogP contribution in [0.3, 0.4) is 0 Å². The van der Waals surface area contributed by atoms with Gasteiger partial charge in [0, 0.05) is 27.8 Å². The molecule has 1 aliphatic heterocycles. The van der Waals surface area contributed by atoms with Crippen molar-refractivity contribution in [2.45, 2.75) is 82.5 Å². The maximum absolute atomic E-state index is 7.29. The van der Waals surface area contributed by atoms with Crippen molar-refractivity contribution in [3.8, 4) is 22.6 Å². The molecule has 5 atom stereocenters. The maximum Gasteiger partial charge on any atom is 0.141 e. The first-order valence-corrected chi connectivity index (χ1v) is 18.8. The molecule has 4 fully saturated rings. The molecule has 4 bridgehead atoms. The van der Waals surface area contributed by atoms with Crippen molar-refractivity contribution in [1.82, 2.24) is 0 Å². The van der Waals surface area contributed by atoms with Crippen molar-refractivity contribution in [1.29, 1.82) is 0 Å². The van der Waals surface area contributed by atoms with E-state index in [-0.39, 0.29) is 16.2 Å². The fraction of sp³-hybridized carbons (Fsp3) is 0.362. The third-order valence-electron chi connectivity index (χ3n) is 13.7. The molecule has 1 heterocycles. The molecule has 1 spiro atoms. The van der Waals surface area contributed by atoms with Crippen molar-refractivity contribution in [3.05, 3.63) is 138 Å². The molecule has 5 aromatic rings. The Hall–Kier alpha value is -4.30. The van der Waals surface area contributed by atoms with Crippen LogP contribution in [0.4, 0.5) is 17.1 Å². The van der Waals surface area contributed by atoms with Gasteiger partial charge in [0.2, 0.25) is 0 Å². The lowest BCUT2D eigenvalue weighted by molar-refractivity contribution is 0.173. The van der Waals surface area contributed by atoms with Crippen LogP contribution in [-0.4, -0.2) is 0 Å². The molecular weight excluding hydrogens is 595 g/mol. The number of fused-ring (bicyclic) bond motifs is 3. The zero-order valence-corrected chi connectivity index (χ0v) is 29.4. The number of nitrogens with zero attached hydrogens (tertiary/aromatic N) is 1. The standard InChI is InChI=1S/C47H47NO/c1-45(2)24-25-46(3,4)43-36(45)19-13-20-40(43)48(34-16-9-6-10-17-34)39-23-22-37-44(42(39)31-14-7-5-8-15-31)49-41-21-12-11-18-35(41)47(37)33-27-30-26-32(29-33)38(47)28-30/h5-23,30,32-33,38H,24-29H2,1-4H3. The number of hydrogen-bond donors (Lipinski definition) is 0. The summed E-state index contributed by atoms with van der Waals surface area (Å²) in [7, 11) is 0. The zero-order chi connectivity index (χ0) is 33.1. The fourth-order valence-electron chi connectivity index (χ4n) is 11.7. The van der Waals surface area contributed by atoms with Crippen molar-refractivity contribution in [2.75, 3.05) is 4.90 Å². The highest BCUT2D eigenvalue weighted by Crippen LogP contribution is 2.73. The molecule has 4 saturated carbocycles. The first-order valence-electron chi connectivity index (χ1n) is 18.8. The average Bonchev–Trinajstić information content (AvgIpc) is 3.53. The second kappa shape index (κ2) is 10.4. The van der Waals surface area contributed by atoms with Crippen LogP contribution in [0.15, 0.2) is 115 Å². The lowest BCUT2D eigenvalue weighted by atomic mass is 9.56. The zero-order valence-electron chi connectivity index (χ0n) is 29.4. The molecule has 5 aromatic carbocycles. The minimum absolute atomic E-state index is 0.0133. The molecule has 246 valence electrons. The predicted molar refractivity (Wildman–Crippen MR) is 202 cm³/mol. The van der Waals surface area contributed by atoms with E-state index in [1.807, 2.05) is 0 Å². The van der Waals surface area contributed by atoms with E-state index in [2.05, 4.69) is 148 Å². The smallest absolute Gasteiger partial charge is 0.141 e. The average molecular weight is 642 g/mol. The summed E-state index contributed by atoms with van der Waals surface area (Å²) in [5.74, 6) is 5.21. The van der Waals surface area contributed by atoms with E-state index in [4.69, 9.17) is 4.74 Å². The van der Waals surface area contributed by atoms with E-state index in [1.165, 1.54) is 82.5 Å². The van der Waals surface area contributed by atoms with E-state index >= 15 is 0 Å². The molecular formula is C47H47NO. The Balaban J connectivity index is 1.29. The minimum Gasteiger partial charge on any atom is -0.456 e. The Morgan fingerprint density at radius 3 is 2.10 bits per heavy atom. The van der Waals surface area contributed by atoms with Crippen LogP contribution < -0.4 is 9.64 Å². The maximum atomic E-state index is 7.29. The van der Waals surface area contributed by atoms with Crippen molar-refractivity contribution >= 4 is 17.1 Å². The number of hydrogen-bond acceptors (Lipinski definition) is 2. The molecule has 49 heavy (non-hydrogen) atoms. The van der Waals surface area contributed by atoms with Gasteiger partial charge in [-0.15, -0.1) is 0 Å². The Morgan fingerprint density at radius 1 is 0.592 bits per heavy atom. The Kier molecular flexibility index (Phi) is 6.26. The number of benzene rings is 5. The summed E-state index contributed by atoms with van der Waals surface area (Å²) in [6.07, 6.45) is 7.83. The number of anilines is 3. The molecule has 5 unspecified atom stereocenters. The molecule has 2 heteroatoms. The monoisotopic (exact) mass is 641 g/mol. The number of ether oxygens (including phenoxy) is 1. The van der Waals surface area contributed by atoms with Crippen molar-refractivity contribution < 1.29 is 4.74 Å². The van der Waals surface area contributed by atoms with Crippen LogP contribution in [-0.2, 0) is 16.2 Å². The molecule has 2 nitrogen and oxygen atoms in total. The van der Waals surface area contributed by atoms with Gasteiger partial charge in [0.1, 0.15) is 11.5 Å². The van der Waals surface area contributed by atoms with Gasteiger partial charge in [0.05, 0.1) is 11.4 Å². The number of rotatable bonds is 4. The van der Waals surface area contributed by atoms with E-state index in [1.54, 1.807) is 0 Å². The summed E-state index contributed by atoms with van der Waals surface area (Å²) in [5, 5.41) is 0. The van der Waals surface area contributed by atoms with Crippen LogP contribution >= 0.6 is 0 Å². The van der Waals surface area contributed by atoms with Crippen molar-refractivity contribution in [3.63, 3.8) is 0 Å². The third-order valence-corrected chi connectivity index (χ3v) is 13.7. The van der Waals surface area contributed by atoms with Gasteiger partial charge in [-0.25, -0.2) is 0 Å². The summed E-state index contributed by atoms with van der Waals surface area (Å²) >= 11 is 0. The van der Waals surface area contributed by atoms with Gasteiger partial charge in [-0.05, 0) is 120 Å². The first kappa shape index (κ1) is 29.6. The Morgan fingerprint density at radius 2 is 1.31 bits per heavy atom. The van der Waals surface area contributed by atoms with Crippen LogP contribution in [0.5, 0.6) is 11.5 Å². The molecule has 0 radical (unpaired) electrons. The van der Waals surface area contributed by atoms with Gasteiger partial charge in [0.15, 0.2) is 0 Å². The lowest BCUT2D eigenvalue weighted by Gasteiger charge is -2.49. The van der Waals surface area contributed by atoms with Crippen LogP contribution in [0.25, 0.3) is 11.1 Å². The van der Waals surface area contributed by atoms with E-state index in [0.29, 0.717) is 11.8 Å². The molecule has 6 aliphatic rings. The summed E-state index contributed by atoms with van der Waals surface area (Å²) < 4.78 is 7.29. The molecule has 5 aliphatic carbocycles. The van der Waals surface area contributed by atoms with Gasteiger partial charge < -0.3 is 9.64 Å². The molecule has 0 aromatic heterocycles. The Bertz CT molecular complexity index is 2090. The highest BCUT2D eigenvalue weighted by Gasteiger charge is 2.66. The van der Waals surface area contributed by atoms with Gasteiger partial charge in [0.25, 0.3) is 0 Å². The van der Waals surface area contributed by atoms with Crippen molar-refractivity contribution in [2.24, 2.45) is 23.7 Å². The van der Waals surface area contributed by atoms with Gasteiger partial charge in [-0.3, -0.25) is 0 Å². The summed E-state index contributed by atoms with van der Waals surface area (Å²) in [5.41, 5.74) is 12.0. The molecule has 11 rings (SSSR count). The summed E-state index contributed by atoms with van der Waals surface area (Å²) in [6.45, 7) is 9.76. The second-order valence-corrected chi connectivity index (χ2v) is 17.2. The fourth-order valence-corrected chi connectivity index (χ4v) is 11.7. The normalized spacial score (nSPS) is 27.7. The van der Waals surface area contributed by atoms with Crippen LogP contribution in [0.2, 0.25) is 0 Å². The van der Waals surface area contributed by atoms with Gasteiger partial charge in [-0.2, -0.15) is 0 Å². The summed E-state index contributed by atoms with van der Waals surface area (Å²) in [6, 6.07) is 43.2. The SMILES string of the molecule is CC1(C)CCC(C)(C)c2c(N(c3ccccc3)c3ccc4c(c3-c3ccccc3)Oc3ccccc3C43C4CC5CC(C4)C3C5)cccc21. The molecule has 0 saturated heterocycles. The largest absolute Gasteiger partial charge is 0.456 e. The van der Waals surface area contributed by atoms with E-state index < -0.39 is 0 Å². The second-order valence-electron chi connectivity index (χ2n) is 17.2. The predicted octanol–water partition coefficient (Wildman–Crippen LogP) is 12.6. The lowest BCUT2D eigenvalue weighted by Crippen LogP contribution is -2.44. The van der Waals surface area contributed by atoms with E-state index in [9.17, 15) is 0 Å².